The summed E-state index contributed by atoms with van der Waals surface area (Å²) in [4.78, 5) is 0. The van der Waals surface area contributed by atoms with Gasteiger partial charge in [-0.15, -0.1) is 0 Å². The summed E-state index contributed by atoms with van der Waals surface area (Å²) in [6, 6.07) is 9.53. The zero-order chi connectivity index (χ0) is 14.0. The molecule has 0 fully saturated rings. The van der Waals surface area contributed by atoms with Gasteiger partial charge in [-0.05, 0) is 17.7 Å². The van der Waals surface area contributed by atoms with Crippen LogP contribution in [0.15, 0.2) is 30.3 Å². The van der Waals surface area contributed by atoms with Crippen LogP contribution in [0.3, 0.4) is 0 Å². The molecule has 0 aromatic heterocycles. The summed E-state index contributed by atoms with van der Waals surface area (Å²) in [6.07, 6.45) is 0. The van der Waals surface area contributed by atoms with Gasteiger partial charge >= 0.3 is 0 Å². The minimum atomic E-state index is 0.579. The topological polar surface area (TPSA) is 70.5 Å². The highest BCUT2D eigenvalue weighted by Crippen LogP contribution is 2.34. The van der Waals surface area contributed by atoms with Crippen LogP contribution in [-0.4, -0.2) is 22.1 Å². The van der Waals surface area contributed by atoms with Gasteiger partial charge in [-0.2, -0.15) is 0 Å². The van der Waals surface area contributed by atoms with Crippen molar-refractivity contribution in [3.63, 3.8) is 0 Å². The van der Waals surface area contributed by atoms with Crippen LogP contribution in [0.4, 0.5) is 11.4 Å². The van der Waals surface area contributed by atoms with Gasteiger partial charge in [0.05, 0.1) is 19.9 Å². The van der Waals surface area contributed by atoms with Crippen molar-refractivity contribution in [2.75, 3.05) is 25.7 Å². The van der Waals surface area contributed by atoms with Crippen LogP contribution in [0, 0.1) is 0 Å². The van der Waals surface area contributed by atoms with Gasteiger partial charge in [0.25, 0.3) is 0 Å². The maximum absolute atomic E-state index is 6.09. The number of anilines is 2. The first-order chi connectivity index (χ1) is 9.06. The van der Waals surface area contributed by atoms with Crippen LogP contribution in [0.1, 0.15) is 0 Å². The Kier molecular flexibility index (Phi) is 3.56. The molecule has 0 aliphatic carbocycles. The van der Waals surface area contributed by atoms with Crippen LogP contribution in [-0.2, 0) is 0 Å². The highest BCUT2D eigenvalue weighted by molar-refractivity contribution is 6.36. The van der Waals surface area contributed by atoms with Crippen molar-refractivity contribution in [3.05, 3.63) is 30.3 Å². The fourth-order valence-electron chi connectivity index (χ4n) is 1.96. The molecule has 0 aliphatic heterocycles. The van der Waals surface area contributed by atoms with E-state index in [0.29, 0.717) is 22.9 Å². The van der Waals surface area contributed by atoms with Gasteiger partial charge in [0.2, 0.25) is 0 Å². The molecule has 0 heterocycles. The molecule has 0 saturated carbocycles. The Balaban J connectivity index is 2.61. The van der Waals surface area contributed by atoms with Crippen molar-refractivity contribution >= 4 is 24.7 Å². The first kappa shape index (κ1) is 13.1. The van der Waals surface area contributed by atoms with E-state index >= 15 is 0 Å². The fourth-order valence-corrected chi connectivity index (χ4v) is 1.96. The average molecular weight is 256 g/mol. The summed E-state index contributed by atoms with van der Waals surface area (Å²) in [5, 5.41) is 0. The first-order valence-electron chi connectivity index (χ1n) is 5.94. The van der Waals surface area contributed by atoms with Crippen molar-refractivity contribution in [1.82, 2.24) is 0 Å². The van der Waals surface area contributed by atoms with E-state index in [1.807, 2.05) is 38.2 Å². The molecule has 4 N–H and O–H groups in total. The third kappa shape index (κ3) is 2.45. The largest absolute Gasteiger partial charge is 0.497 e. The van der Waals surface area contributed by atoms with Gasteiger partial charge in [-0.1, -0.05) is 17.6 Å². The number of nitrogen functional groups attached to an aromatic ring is 2. The molecule has 19 heavy (non-hydrogen) atoms. The Labute approximate surface area is 113 Å². The average Bonchev–Trinajstić information content (AvgIpc) is 2.44. The summed E-state index contributed by atoms with van der Waals surface area (Å²) in [7, 11) is 5.17. The van der Waals surface area contributed by atoms with Crippen LogP contribution in [0.5, 0.6) is 11.5 Å². The fraction of sp³-hybridized carbons (Fsp3) is 0.143. The predicted molar refractivity (Wildman–Crippen MR) is 82.0 cm³/mol. The molecule has 2 aromatic rings. The number of benzene rings is 2. The molecule has 0 saturated heterocycles. The number of rotatable bonds is 3. The standard InChI is InChI=1S/C14H17BN2O2/c1-18-9-5-8(6-10(7-9)19-2)11-3-4-12(15)14(17)13(11)16/h3-7H,15-17H2,1-2H3. The highest BCUT2D eigenvalue weighted by Gasteiger charge is 2.10. The number of hydrogen-bond acceptors (Lipinski definition) is 4. The number of ether oxygens (including phenoxy) is 2. The molecular formula is C14H17BN2O2. The van der Waals surface area contributed by atoms with E-state index in [4.69, 9.17) is 20.9 Å². The second-order valence-electron chi connectivity index (χ2n) is 4.36. The maximum Gasteiger partial charge on any atom is 0.142 e. The zero-order valence-electron chi connectivity index (χ0n) is 11.4. The predicted octanol–water partition coefficient (Wildman–Crippen LogP) is 0.794. The van der Waals surface area contributed by atoms with Crippen molar-refractivity contribution in [2.45, 2.75) is 0 Å². The van der Waals surface area contributed by atoms with Gasteiger partial charge in [0.1, 0.15) is 19.3 Å². The summed E-state index contributed by atoms with van der Waals surface area (Å²) in [5.41, 5.74) is 16.0. The second-order valence-corrected chi connectivity index (χ2v) is 4.36. The lowest BCUT2D eigenvalue weighted by Gasteiger charge is -2.13. The SMILES string of the molecule is Bc1ccc(-c2cc(OC)cc(OC)c2)c(N)c1N. The van der Waals surface area contributed by atoms with Crippen molar-refractivity contribution in [2.24, 2.45) is 0 Å². The molecular weight excluding hydrogens is 239 g/mol. The lowest BCUT2D eigenvalue weighted by Crippen LogP contribution is -2.12. The van der Waals surface area contributed by atoms with E-state index < -0.39 is 0 Å². The smallest absolute Gasteiger partial charge is 0.142 e. The van der Waals surface area contributed by atoms with Gasteiger partial charge in [-0.3, -0.25) is 0 Å². The molecule has 98 valence electrons. The third-order valence-corrected chi connectivity index (χ3v) is 3.17. The maximum atomic E-state index is 6.09. The summed E-state index contributed by atoms with van der Waals surface area (Å²) < 4.78 is 10.5. The van der Waals surface area contributed by atoms with Crippen molar-refractivity contribution in [1.29, 1.82) is 0 Å². The van der Waals surface area contributed by atoms with Crippen LogP contribution in [0.2, 0.25) is 0 Å². The van der Waals surface area contributed by atoms with Gasteiger partial charge in [0, 0.05) is 17.3 Å². The third-order valence-electron chi connectivity index (χ3n) is 3.17. The zero-order valence-corrected chi connectivity index (χ0v) is 11.4. The Bertz CT molecular complexity index is 592. The lowest BCUT2D eigenvalue weighted by atomic mass is 9.90. The molecule has 5 heteroatoms. The summed E-state index contributed by atoms with van der Waals surface area (Å²) >= 11 is 0. The molecule has 0 radical (unpaired) electrons. The summed E-state index contributed by atoms with van der Waals surface area (Å²) in [6.45, 7) is 0. The normalized spacial score (nSPS) is 10.2. The molecule has 0 aliphatic rings. The first-order valence-corrected chi connectivity index (χ1v) is 5.94. The monoisotopic (exact) mass is 256 g/mol. The highest BCUT2D eigenvalue weighted by atomic mass is 16.5. The van der Waals surface area contributed by atoms with E-state index in [-0.39, 0.29) is 0 Å². The van der Waals surface area contributed by atoms with Crippen LogP contribution in [0.25, 0.3) is 11.1 Å². The van der Waals surface area contributed by atoms with Crippen LogP contribution >= 0.6 is 0 Å². The number of hydrogen-bond donors (Lipinski definition) is 2. The number of nitrogens with two attached hydrogens (primary N) is 2. The molecule has 0 atom stereocenters. The molecule has 2 rings (SSSR count). The van der Waals surface area contributed by atoms with Crippen LogP contribution < -0.4 is 26.4 Å². The van der Waals surface area contributed by atoms with E-state index in [0.717, 1.165) is 16.6 Å². The molecule has 0 spiro atoms. The minimum Gasteiger partial charge on any atom is -0.497 e. The molecule has 0 unspecified atom stereocenters. The molecule has 2 aromatic carbocycles. The Hall–Kier alpha value is -2.30. The molecule has 0 bridgehead atoms. The molecule has 4 nitrogen and oxygen atoms in total. The Morgan fingerprint density at radius 1 is 0.895 bits per heavy atom. The van der Waals surface area contributed by atoms with E-state index in [1.165, 1.54) is 0 Å². The van der Waals surface area contributed by atoms with Gasteiger partial charge in [-0.25, -0.2) is 0 Å². The van der Waals surface area contributed by atoms with Crippen molar-refractivity contribution < 1.29 is 9.47 Å². The van der Waals surface area contributed by atoms with E-state index in [1.54, 1.807) is 14.2 Å². The molecule has 0 amide bonds. The van der Waals surface area contributed by atoms with E-state index in [2.05, 4.69) is 0 Å². The lowest BCUT2D eigenvalue weighted by molar-refractivity contribution is 0.394. The minimum absolute atomic E-state index is 0.579. The van der Waals surface area contributed by atoms with E-state index in [9.17, 15) is 0 Å². The summed E-state index contributed by atoms with van der Waals surface area (Å²) in [5.74, 6) is 1.43. The quantitative estimate of drug-likeness (QED) is 0.629. The second kappa shape index (κ2) is 5.14. The van der Waals surface area contributed by atoms with Gasteiger partial charge < -0.3 is 20.9 Å². The van der Waals surface area contributed by atoms with Crippen molar-refractivity contribution in [3.8, 4) is 22.6 Å². The van der Waals surface area contributed by atoms with Gasteiger partial charge in [0.15, 0.2) is 0 Å². The number of methoxy groups -OCH3 is 2. The Morgan fingerprint density at radius 2 is 1.47 bits per heavy atom. The Morgan fingerprint density at radius 3 is 2.00 bits per heavy atom.